The van der Waals surface area contributed by atoms with E-state index >= 15 is 0 Å². The minimum atomic E-state index is -0.654. The van der Waals surface area contributed by atoms with Crippen LogP contribution >= 0.6 is 11.6 Å². The van der Waals surface area contributed by atoms with E-state index in [2.05, 4.69) is 49.6 Å². The van der Waals surface area contributed by atoms with Gasteiger partial charge in [0.2, 0.25) is 0 Å². The molecular formula is C32H37ClN2O2. The first-order valence-corrected chi connectivity index (χ1v) is 13.9. The van der Waals surface area contributed by atoms with Crippen molar-refractivity contribution in [3.05, 3.63) is 64.3 Å². The molecule has 2 aromatic carbocycles. The van der Waals surface area contributed by atoms with E-state index in [1.54, 1.807) is 0 Å². The third-order valence-corrected chi connectivity index (χ3v) is 9.55. The molecule has 1 N–H and O–H groups in total. The van der Waals surface area contributed by atoms with E-state index in [9.17, 15) is 9.90 Å². The van der Waals surface area contributed by atoms with Crippen molar-refractivity contribution in [2.75, 3.05) is 0 Å². The Morgan fingerprint density at radius 1 is 1.14 bits per heavy atom. The van der Waals surface area contributed by atoms with Crippen molar-refractivity contribution in [1.82, 2.24) is 4.57 Å². The number of Topliss-reactive ketones (excluding diaryl/α,β-unsaturated/α-hetero) is 1. The van der Waals surface area contributed by atoms with Gasteiger partial charge >= 0.3 is 0 Å². The van der Waals surface area contributed by atoms with Crippen molar-refractivity contribution in [3.63, 3.8) is 0 Å². The number of aromatic nitrogens is 1. The molecule has 2 aliphatic carbocycles. The second-order valence-electron chi connectivity index (χ2n) is 12.4. The number of hydrogen-bond donors (Lipinski definition) is 1. The second-order valence-corrected chi connectivity index (χ2v) is 12.8. The molecule has 2 saturated carbocycles. The Kier molecular flexibility index (Phi) is 6.75. The number of nitriles is 1. The van der Waals surface area contributed by atoms with Crippen molar-refractivity contribution in [2.45, 2.75) is 78.2 Å². The fourth-order valence-corrected chi connectivity index (χ4v) is 7.18. The van der Waals surface area contributed by atoms with E-state index in [-0.39, 0.29) is 11.2 Å². The van der Waals surface area contributed by atoms with Crippen LogP contribution in [0.2, 0.25) is 5.02 Å². The molecule has 1 unspecified atom stereocenters. The predicted molar refractivity (Wildman–Crippen MR) is 149 cm³/mol. The Morgan fingerprint density at radius 2 is 1.78 bits per heavy atom. The third kappa shape index (κ3) is 4.62. The summed E-state index contributed by atoms with van der Waals surface area (Å²) in [4.78, 5) is 14.0. The molecule has 1 aromatic heterocycles. The number of nitrogens with zero attached hydrogens (tertiary/aromatic N) is 2. The molecule has 2 fully saturated rings. The number of ketones is 1. The van der Waals surface area contributed by atoms with Gasteiger partial charge in [-0.05, 0) is 98.1 Å². The zero-order chi connectivity index (χ0) is 26.5. The molecule has 0 spiro atoms. The molecule has 5 rings (SSSR count). The minimum absolute atomic E-state index is 0.158. The van der Waals surface area contributed by atoms with Crippen LogP contribution in [0.3, 0.4) is 0 Å². The molecule has 0 saturated heterocycles. The summed E-state index contributed by atoms with van der Waals surface area (Å²) < 4.78 is 2.16. The lowest BCUT2D eigenvalue weighted by Crippen LogP contribution is -2.49. The van der Waals surface area contributed by atoms with Gasteiger partial charge in [-0.3, -0.25) is 4.79 Å². The van der Waals surface area contributed by atoms with Crippen LogP contribution in [0.5, 0.6) is 0 Å². The van der Waals surface area contributed by atoms with E-state index < -0.39 is 5.60 Å². The van der Waals surface area contributed by atoms with Crippen LogP contribution in [0.25, 0.3) is 16.6 Å². The summed E-state index contributed by atoms with van der Waals surface area (Å²) in [5, 5.41) is 22.2. The maximum atomic E-state index is 14.0. The average Bonchev–Trinajstić information content (AvgIpc) is 3.26. The molecule has 2 bridgehead atoms. The highest BCUT2D eigenvalue weighted by Crippen LogP contribution is 2.56. The summed E-state index contributed by atoms with van der Waals surface area (Å²) >= 11 is 6.17. The highest BCUT2D eigenvalue weighted by Gasteiger charge is 2.53. The van der Waals surface area contributed by atoms with Crippen LogP contribution in [0.4, 0.5) is 0 Å². The maximum Gasteiger partial charge on any atom is 0.165 e. The van der Waals surface area contributed by atoms with Crippen LogP contribution in [-0.4, -0.2) is 21.1 Å². The zero-order valence-electron chi connectivity index (χ0n) is 22.4. The summed E-state index contributed by atoms with van der Waals surface area (Å²) in [5.41, 5.74) is 3.98. The van der Waals surface area contributed by atoms with Gasteiger partial charge in [-0.25, -0.2) is 0 Å². The van der Waals surface area contributed by atoms with Gasteiger partial charge in [-0.2, -0.15) is 5.26 Å². The number of carbonyl (C=O) groups excluding carboxylic acids is 1. The number of halogens is 1. The maximum absolute atomic E-state index is 14.0. The van der Waals surface area contributed by atoms with E-state index in [1.807, 2.05) is 31.2 Å². The summed E-state index contributed by atoms with van der Waals surface area (Å²) in [6.07, 6.45) is 5.47. The summed E-state index contributed by atoms with van der Waals surface area (Å²) in [6.45, 7) is 8.44. The van der Waals surface area contributed by atoms with Crippen molar-refractivity contribution >= 4 is 28.3 Å². The number of rotatable bonds is 6. The van der Waals surface area contributed by atoms with E-state index in [0.717, 1.165) is 59.1 Å². The second kappa shape index (κ2) is 9.61. The van der Waals surface area contributed by atoms with Crippen LogP contribution in [-0.2, 0) is 6.42 Å². The monoisotopic (exact) mass is 516 g/mol. The van der Waals surface area contributed by atoms with Gasteiger partial charge < -0.3 is 9.67 Å². The van der Waals surface area contributed by atoms with Crippen LogP contribution in [0.1, 0.15) is 80.9 Å². The Balaban J connectivity index is 1.52. The molecule has 0 radical (unpaired) electrons. The molecule has 2 aliphatic rings. The fourth-order valence-electron chi connectivity index (χ4n) is 7.05. The first-order chi connectivity index (χ1) is 17.5. The van der Waals surface area contributed by atoms with E-state index in [0.29, 0.717) is 42.0 Å². The van der Waals surface area contributed by atoms with Crippen molar-refractivity contribution in [3.8, 4) is 11.8 Å². The number of benzene rings is 2. The lowest BCUT2D eigenvalue weighted by molar-refractivity contribution is -0.115. The number of carbonyl (C=O) groups is 1. The lowest BCUT2D eigenvalue weighted by atomic mass is 9.61. The van der Waals surface area contributed by atoms with Crippen molar-refractivity contribution in [1.29, 1.82) is 5.26 Å². The van der Waals surface area contributed by atoms with Crippen molar-refractivity contribution in [2.24, 2.45) is 23.2 Å². The molecule has 4 atom stereocenters. The van der Waals surface area contributed by atoms with Gasteiger partial charge in [0.15, 0.2) is 5.78 Å². The van der Waals surface area contributed by atoms with E-state index in [4.69, 9.17) is 16.9 Å². The topological polar surface area (TPSA) is 66.0 Å². The molecular weight excluding hydrogens is 480 g/mol. The first kappa shape index (κ1) is 26.0. The first-order valence-electron chi connectivity index (χ1n) is 13.5. The third-order valence-electron chi connectivity index (χ3n) is 9.29. The summed E-state index contributed by atoms with van der Waals surface area (Å²) in [7, 11) is 0. The number of hydrogen-bond acceptors (Lipinski definition) is 3. The predicted octanol–water partition coefficient (Wildman–Crippen LogP) is 7.83. The highest BCUT2D eigenvalue weighted by atomic mass is 35.5. The molecule has 194 valence electrons. The molecule has 1 heterocycles. The molecule has 0 aliphatic heterocycles. The number of fused-ring (bicyclic) bond motifs is 3. The normalized spacial score (nSPS) is 25.4. The van der Waals surface area contributed by atoms with Crippen LogP contribution in [0, 0.1) is 41.4 Å². The van der Waals surface area contributed by atoms with Gasteiger partial charge in [0.1, 0.15) is 0 Å². The molecule has 4 nitrogen and oxygen atoms in total. The van der Waals surface area contributed by atoms with Crippen LogP contribution in [0.15, 0.2) is 42.5 Å². The Morgan fingerprint density at radius 3 is 2.38 bits per heavy atom. The molecule has 3 aromatic rings. The Bertz CT molecular complexity index is 1360. The summed E-state index contributed by atoms with van der Waals surface area (Å²) in [5.74, 6) is 1.32. The highest BCUT2D eigenvalue weighted by molar-refractivity contribution is 6.30. The van der Waals surface area contributed by atoms with Gasteiger partial charge in [-0.1, -0.05) is 44.5 Å². The van der Waals surface area contributed by atoms with Crippen LogP contribution < -0.4 is 0 Å². The Labute approximate surface area is 225 Å². The lowest BCUT2D eigenvalue weighted by Gasteiger charge is -2.48. The van der Waals surface area contributed by atoms with Gasteiger partial charge in [0.05, 0.1) is 17.2 Å². The largest absolute Gasteiger partial charge is 0.389 e. The SMILES string of the molecule is Cc1c(C(=O)C[C@H]2C3CC[C@@H]2C[C@](O)(C(C)(C)C)C3)c2ccc(CCC#N)cc2n1-c1ccc(Cl)cc1. The fraction of sp³-hybridized carbons (Fsp3) is 0.500. The number of aliphatic hydroxyl groups is 1. The van der Waals surface area contributed by atoms with Gasteiger partial charge in [0.25, 0.3) is 0 Å². The molecule has 0 amide bonds. The Hall–Kier alpha value is -2.61. The van der Waals surface area contributed by atoms with Gasteiger partial charge in [0, 0.05) is 40.2 Å². The molecule has 5 heteroatoms. The standard InChI is InChI=1S/C32H37ClN2O2/c1-20-30(29(36)17-27-22-8-9-23(27)19-32(37,18-22)31(2,3)4)26-14-7-21(6-5-15-34)16-28(26)35(20)25-12-10-24(33)11-13-25/h7,10-14,16,22-23,27,37H,5-6,8-9,17-19H2,1-4H3/t22-,23?,27-,32-/m1/s1. The summed E-state index contributed by atoms with van der Waals surface area (Å²) in [6, 6.07) is 16.2. The van der Waals surface area contributed by atoms with E-state index in [1.165, 1.54) is 0 Å². The minimum Gasteiger partial charge on any atom is -0.389 e. The quantitative estimate of drug-likeness (QED) is 0.339. The smallest absolute Gasteiger partial charge is 0.165 e. The average molecular weight is 517 g/mol. The number of aryl methyl sites for hydroxylation is 1. The van der Waals surface area contributed by atoms with Crippen molar-refractivity contribution < 1.29 is 9.90 Å². The molecule has 37 heavy (non-hydrogen) atoms. The zero-order valence-corrected chi connectivity index (χ0v) is 23.1. The van der Waals surface area contributed by atoms with Gasteiger partial charge in [-0.15, -0.1) is 0 Å².